The minimum Gasteiger partial charge on any atom is -0.488 e. The Labute approximate surface area is 363 Å². The monoisotopic (exact) mass is 834 g/mol. The van der Waals surface area contributed by atoms with Crippen LogP contribution in [0.2, 0.25) is 0 Å². The summed E-state index contributed by atoms with van der Waals surface area (Å²) >= 11 is 0. The molecule has 9 nitrogen and oxygen atoms in total. The normalized spacial score (nSPS) is 19.5. The highest BCUT2D eigenvalue weighted by Crippen LogP contribution is 2.41. The van der Waals surface area contributed by atoms with E-state index in [0.717, 1.165) is 27.8 Å². The lowest BCUT2D eigenvalue weighted by atomic mass is 9.90. The summed E-state index contributed by atoms with van der Waals surface area (Å²) in [6.07, 6.45) is 1.97. The summed E-state index contributed by atoms with van der Waals surface area (Å²) in [7, 11) is 0. The molecule has 6 aromatic rings. The molecule has 0 bridgehead atoms. The summed E-state index contributed by atoms with van der Waals surface area (Å²) in [6, 6.07) is 50.9. The number of rotatable bonds is 21. The number of aliphatic hydroxyl groups excluding tert-OH is 1. The van der Waals surface area contributed by atoms with Crippen LogP contribution in [0.25, 0.3) is 0 Å². The Balaban J connectivity index is 1.32. The van der Waals surface area contributed by atoms with Crippen LogP contribution in [0.5, 0.6) is 5.75 Å². The molecule has 0 saturated carbocycles. The molecular weight excluding hydrogens is 781 g/mol. The SMILES string of the molecule is C/C=C/C=C/C(O)Cc1cc(OCc2ccccc2)c([C@@H]2O[C@H](COCc3ccccc3)[C@H](OCc3ccccc3)[C@H](OCc3ccccc3)[C@H]2OCc2ccccc2)c(=O)o1. The Morgan fingerprint density at radius 3 is 1.58 bits per heavy atom. The van der Waals surface area contributed by atoms with Gasteiger partial charge in [0.05, 0.1) is 39.1 Å². The maximum absolute atomic E-state index is 14.6. The molecule has 7 rings (SSSR count). The lowest BCUT2D eigenvalue weighted by molar-refractivity contribution is -0.275. The van der Waals surface area contributed by atoms with Gasteiger partial charge >= 0.3 is 5.63 Å². The fourth-order valence-electron chi connectivity index (χ4n) is 7.34. The predicted molar refractivity (Wildman–Crippen MR) is 238 cm³/mol. The van der Waals surface area contributed by atoms with Crippen molar-refractivity contribution in [3.8, 4) is 5.75 Å². The van der Waals surface area contributed by atoms with E-state index in [1.807, 2.05) is 171 Å². The van der Waals surface area contributed by atoms with Gasteiger partial charge in [0.1, 0.15) is 54.2 Å². The van der Waals surface area contributed by atoms with Gasteiger partial charge < -0.3 is 37.9 Å². The van der Waals surface area contributed by atoms with E-state index in [1.54, 1.807) is 18.2 Å². The van der Waals surface area contributed by atoms with Crippen LogP contribution in [-0.4, -0.2) is 42.2 Å². The van der Waals surface area contributed by atoms with Gasteiger partial charge in [-0.1, -0.05) is 176 Å². The van der Waals surface area contributed by atoms with Crippen molar-refractivity contribution < 1.29 is 37.9 Å². The van der Waals surface area contributed by atoms with Gasteiger partial charge in [-0.2, -0.15) is 0 Å². The van der Waals surface area contributed by atoms with Crippen LogP contribution in [0, 0.1) is 0 Å². The second-order valence-corrected chi connectivity index (χ2v) is 15.1. The zero-order valence-corrected chi connectivity index (χ0v) is 34.9. The molecule has 6 atom stereocenters. The summed E-state index contributed by atoms with van der Waals surface area (Å²) in [5.41, 5.74) is 4.19. The van der Waals surface area contributed by atoms with Crippen LogP contribution < -0.4 is 10.4 Å². The van der Waals surface area contributed by atoms with Crippen LogP contribution >= 0.6 is 0 Å². The van der Waals surface area contributed by atoms with E-state index in [2.05, 4.69) is 0 Å². The lowest BCUT2D eigenvalue weighted by Crippen LogP contribution is -2.58. The third-order valence-electron chi connectivity index (χ3n) is 10.5. The average molecular weight is 835 g/mol. The first kappa shape index (κ1) is 44.2. The maximum atomic E-state index is 14.6. The van der Waals surface area contributed by atoms with Gasteiger partial charge in [-0.15, -0.1) is 0 Å². The molecule has 0 radical (unpaired) electrons. The first-order valence-electron chi connectivity index (χ1n) is 21.1. The summed E-state index contributed by atoms with van der Waals surface area (Å²) in [5.74, 6) is 0.498. The van der Waals surface area contributed by atoms with E-state index in [0.29, 0.717) is 6.61 Å². The molecule has 62 heavy (non-hydrogen) atoms. The van der Waals surface area contributed by atoms with Crippen LogP contribution in [0.15, 0.2) is 191 Å². The third-order valence-corrected chi connectivity index (χ3v) is 10.5. The fourth-order valence-corrected chi connectivity index (χ4v) is 7.34. The van der Waals surface area contributed by atoms with Gasteiger partial charge in [0.2, 0.25) is 0 Å². The number of benzene rings is 5. The van der Waals surface area contributed by atoms with Crippen LogP contribution in [0.3, 0.4) is 0 Å². The van der Waals surface area contributed by atoms with Crippen molar-refractivity contribution in [2.75, 3.05) is 6.61 Å². The van der Waals surface area contributed by atoms with Gasteiger partial charge in [0.25, 0.3) is 0 Å². The Kier molecular flexibility index (Phi) is 16.6. The summed E-state index contributed by atoms with van der Waals surface area (Å²) in [4.78, 5) is 14.6. The smallest absolute Gasteiger partial charge is 0.345 e. The Bertz CT molecular complexity index is 2320. The Morgan fingerprint density at radius 2 is 1.06 bits per heavy atom. The predicted octanol–water partition coefficient (Wildman–Crippen LogP) is 9.67. The largest absolute Gasteiger partial charge is 0.488 e. The molecule has 1 aliphatic heterocycles. The zero-order chi connectivity index (χ0) is 42.8. The summed E-state index contributed by atoms with van der Waals surface area (Å²) in [5, 5.41) is 10.9. The second kappa shape index (κ2) is 23.3. The number of allylic oxidation sites excluding steroid dienone is 3. The molecule has 0 amide bonds. The van der Waals surface area contributed by atoms with E-state index in [-0.39, 0.29) is 56.5 Å². The number of hydrogen-bond acceptors (Lipinski definition) is 9. The van der Waals surface area contributed by atoms with E-state index in [1.165, 1.54) is 0 Å². The molecule has 0 spiro atoms. The van der Waals surface area contributed by atoms with Crippen molar-refractivity contribution in [2.45, 2.75) is 83.0 Å². The molecule has 1 saturated heterocycles. The molecule has 1 aliphatic rings. The minimum atomic E-state index is -1.07. The second-order valence-electron chi connectivity index (χ2n) is 15.1. The summed E-state index contributed by atoms with van der Waals surface area (Å²) < 4.78 is 46.8. The maximum Gasteiger partial charge on any atom is 0.345 e. The molecule has 1 fully saturated rings. The van der Waals surface area contributed by atoms with Crippen molar-refractivity contribution in [3.05, 3.63) is 232 Å². The Hall–Kier alpha value is -5.91. The Morgan fingerprint density at radius 1 is 0.597 bits per heavy atom. The highest BCUT2D eigenvalue weighted by atomic mass is 16.6. The van der Waals surface area contributed by atoms with Gasteiger partial charge in [-0.05, 0) is 34.7 Å². The summed E-state index contributed by atoms with van der Waals surface area (Å²) in [6.45, 7) is 3.16. The van der Waals surface area contributed by atoms with E-state index in [4.69, 9.17) is 32.8 Å². The van der Waals surface area contributed by atoms with Gasteiger partial charge in [-0.25, -0.2) is 4.79 Å². The first-order chi connectivity index (χ1) is 30.5. The van der Waals surface area contributed by atoms with Gasteiger partial charge in [-0.3, -0.25) is 0 Å². The topological polar surface area (TPSA) is 106 Å². The highest BCUT2D eigenvalue weighted by molar-refractivity contribution is 5.36. The zero-order valence-electron chi connectivity index (χ0n) is 34.9. The molecule has 9 heteroatoms. The van der Waals surface area contributed by atoms with E-state index >= 15 is 0 Å². The van der Waals surface area contributed by atoms with Crippen LogP contribution in [-0.2, 0) is 63.1 Å². The molecular formula is C53H54O9. The standard InChI is InChI=1S/C53H54O9/c1-2-3-9-30-44(54)31-45-32-46(57-34-40-22-12-5-13-23-40)48(53(55)61-45)50-52(60-37-43-28-18-8-19-29-43)51(59-36-42-26-16-7-17-27-42)49(58-35-41-24-14-6-15-25-41)47(62-50)38-56-33-39-20-10-4-11-21-39/h2-30,32,44,47,49-52,54H,31,33-38H2,1H3/b3-2+,30-9+/t44?,47-,49+,50+,51+,52+/m1/s1. The fraction of sp³-hybridized carbons (Fsp3) is 0.264. The molecule has 2 heterocycles. The highest BCUT2D eigenvalue weighted by Gasteiger charge is 2.51. The lowest BCUT2D eigenvalue weighted by Gasteiger charge is -2.46. The molecule has 5 aromatic carbocycles. The van der Waals surface area contributed by atoms with Crippen molar-refractivity contribution >= 4 is 0 Å². The molecule has 1 N–H and O–H groups in total. The minimum absolute atomic E-state index is 0.0406. The molecule has 1 aromatic heterocycles. The number of aliphatic hydroxyl groups is 1. The average Bonchev–Trinajstić information content (AvgIpc) is 3.31. The van der Waals surface area contributed by atoms with Crippen LogP contribution in [0.1, 0.15) is 52.2 Å². The number of ether oxygens (including phenoxy) is 6. The van der Waals surface area contributed by atoms with Gasteiger partial charge in [0.15, 0.2) is 0 Å². The van der Waals surface area contributed by atoms with E-state index in [9.17, 15) is 9.90 Å². The number of hydrogen-bond donors (Lipinski definition) is 1. The molecule has 320 valence electrons. The molecule has 0 aliphatic carbocycles. The van der Waals surface area contributed by atoms with Gasteiger partial charge in [0, 0.05) is 12.5 Å². The van der Waals surface area contributed by atoms with Crippen molar-refractivity contribution in [1.29, 1.82) is 0 Å². The molecule has 1 unspecified atom stereocenters. The van der Waals surface area contributed by atoms with Crippen molar-refractivity contribution in [1.82, 2.24) is 0 Å². The quantitative estimate of drug-likeness (QED) is 0.0710. The first-order valence-corrected chi connectivity index (χ1v) is 21.1. The van der Waals surface area contributed by atoms with E-state index < -0.39 is 42.2 Å². The van der Waals surface area contributed by atoms with Crippen LogP contribution in [0.4, 0.5) is 0 Å². The third kappa shape index (κ3) is 12.8. The van der Waals surface area contributed by atoms with Crippen molar-refractivity contribution in [2.24, 2.45) is 0 Å². The van der Waals surface area contributed by atoms with Crippen molar-refractivity contribution in [3.63, 3.8) is 0 Å².